The molecule has 5 heteroatoms. The average Bonchev–Trinajstić information content (AvgIpc) is 2.92. The summed E-state index contributed by atoms with van der Waals surface area (Å²) in [5, 5.41) is 3.41. The second kappa shape index (κ2) is 8.52. The first-order valence-electron chi connectivity index (χ1n) is 8.80. The van der Waals surface area contributed by atoms with Crippen LogP contribution >= 0.6 is 0 Å². The molecule has 1 aromatic heterocycles. The third-order valence-electron chi connectivity index (χ3n) is 4.42. The number of nitrogens with zero attached hydrogens (tertiary/aromatic N) is 3. The van der Waals surface area contributed by atoms with Gasteiger partial charge in [-0.25, -0.2) is 4.98 Å². The van der Waals surface area contributed by atoms with Crippen molar-refractivity contribution in [2.24, 2.45) is 0 Å². The SMILES string of the molecule is COc1ccccc1CCNc1ccnc(N2CCCCCC2)n1. The van der Waals surface area contributed by atoms with Gasteiger partial charge in [0.25, 0.3) is 0 Å². The average molecular weight is 326 g/mol. The Kier molecular flexibility index (Phi) is 5.88. The zero-order valence-corrected chi connectivity index (χ0v) is 14.4. The summed E-state index contributed by atoms with van der Waals surface area (Å²) in [5.41, 5.74) is 1.20. The number of hydrogen-bond acceptors (Lipinski definition) is 5. The van der Waals surface area contributed by atoms with Gasteiger partial charge in [0.1, 0.15) is 11.6 Å². The molecule has 5 nitrogen and oxygen atoms in total. The van der Waals surface area contributed by atoms with E-state index in [0.717, 1.165) is 43.6 Å². The van der Waals surface area contributed by atoms with Gasteiger partial charge in [-0.2, -0.15) is 4.98 Å². The number of aromatic nitrogens is 2. The van der Waals surface area contributed by atoms with Gasteiger partial charge in [-0.05, 0) is 37.0 Å². The lowest BCUT2D eigenvalue weighted by atomic mass is 10.1. The maximum Gasteiger partial charge on any atom is 0.227 e. The smallest absolute Gasteiger partial charge is 0.227 e. The largest absolute Gasteiger partial charge is 0.496 e. The van der Waals surface area contributed by atoms with E-state index in [0.29, 0.717) is 0 Å². The number of anilines is 2. The highest BCUT2D eigenvalue weighted by molar-refractivity contribution is 5.42. The number of nitrogens with one attached hydrogen (secondary N) is 1. The van der Waals surface area contributed by atoms with Crippen LogP contribution in [-0.4, -0.2) is 36.7 Å². The second-order valence-corrected chi connectivity index (χ2v) is 6.13. The predicted octanol–water partition coefficient (Wildman–Crippen LogP) is 3.52. The van der Waals surface area contributed by atoms with Crippen molar-refractivity contribution in [1.82, 2.24) is 9.97 Å². The summed E-state index contributed by atoms with van der Waals surface area (Å²) in [4.78, 5) is 11.4. The van der Waals surface area contributed by atoms with Crippen LogP contribution in [0, 0.1) is 0 Å². The van der Waals surface area contributed by atoms with Gasteiger partial charge in [-0.15, -0.1) is 0 Å². The van der Waals surface area contributed by atoms with E-state index < -0.39 is 0 Å². The zero-order valence-electron chi connectivity index (χ0n) is 14.4. The number of benzene rings is 1. The number of hydrogen-bond donors (Lipinski definition) is 1. The molecule has 1 fully saturated rings. The first-order chi connectivity index (χ1) is 11.9. The number of rotatable bonds is 6. The first-order valence-corrected chi connectivity index (χ1v) is 8.80. The monoisotopic (exact) mass is 326 g/mol. The summed E-state index contributed by atoms with van der Waals surface area (Å²) < 4.78 is 5.40. The molecule has 1 aliphatic heterocycles. The van der Waals surface area contributed by atoms with Gasteiger partial charge >= 0.3 is 0 Å². The highest BCUT2D eigenvalue weighted by atomic mass is 16.5. The molecule has 0 atom stereocenters. The lowest BCUT2D eigenvalue weighted by Crippen LogP contribution is -2.26. The summed E-state index contributed by atoms with van der Waals surface area (Å²) >= 11 is 0. The molecule has 1 N–H and O–H groups in total. The highest BCUT2D eigenvalue weighted by Crippen LogP contribution is 2.19. The quantitative estimate of drug-likeness (QED) is 0.880. The van der Waals surface area contributed by atoms with Gasteiger partial charge in [0.15, 0.2) is 0 Å². The van der Waals surface area contributed by atoms with Gasteiger partial charge in [-0.1, -0.05) is 31.0 Å². The Hall–Kier alpha value is -2.30. The van der Waals surface area contributed by atoms with Gasteiger partial charge in [0.05, 0.1) is 7.11 Å². The van der Waals surface area contributed by atoms with Crippen molar-refractivity contribution in [2.75, 3.05) is 37.0 Å². The third kappa shape index (κ3) is 4.37. The summed E-state index contributed by atoms with van der Waals surface area (Å²) in [5.74, 6) is 2.67. The first kappa shape index (κ1) is 16.6. The van der Waals surface area contributed by atoms with Crippen LogP contribution in [0.3, 0.4) is 0 Å². The van der Waals surface area contributed by atoms with Crippen molar-refractivity contribution < 1.29 is 4.74 Å². The fourth-order valence-electron chi connectivity index (χ4n) is 3.10. The minimum Gasteiger partial charge on any atom is -0.496 e. The molecule has 128 valence electrons. The van der Waals surface area contributed by atoms with Gasteiger partial charge in [0.2, 0.25) is 5.95 Å². The van der Waals surface area contributed by atoms with Crippen LogP contribution in [0.4, 0.5) is 11.8 Å². The van der Waals surface area contributed by atoms with Crippen molar-refractivity contribution in [2.45, 2.75) is 32.1 Å². The fourth-order valence-corrected chi connectivity index (χ4v) is 3.10. The predicted molar refractivity (Wildman–Crippen MR) is 97.9 cm³/mol. The van der Waals surface area contributed by atoms with E-state index in [9.17, 15) is 0 Å². The maximum absolute atomic E-state index is 5.40. The van der Waals surface area contributed by atoms with Gasteiger partial charge in [0, 0.05) is 25.8 Å². The van der Waals surface area contributed by atoms with E-state index in [1.165, 1.54) is 31.2 Å². The fraction of sp³-hybridized carbons (Fsp3) is 0.474. The Morgan fingerprint density at radius 2 is 1.88 bits per heavy atom. The number of para-hydroxylation sites is 1. The topological polar surface area (TPSA) is 50.3 Å². The molecule has 1 saturated heterocycles. The zero-order chi connectivity index (χ0) is 16.6. The minimum absolute atomic E-state index is 0.816. The Balaban J connectivity index is 1.58. The molecule has 0 bridgehead atoms. The van der Waals surface area contributed by atoms with Crippen molar-refractivity contribution in [1.29, 1.82) is 0 Å². The van der Waals surface area contributed by atoms with E-state index in [4.69, 9.17) is 4.74 Å². The molecule has 0 spiro atoms. The van der Waals surface area contributed by atoms with Crippen LogP contribution in [0.2, 0.25) is 0 Å². The summed E-state index contributed by atoms with van der Waals surface area (Å²) in [6.07, 6.45) is 7.83. The number of ether oxygens (including phenoxy) is 1. The molecule has 0 unspecified atom stereocenters. The molecular weight excluding hydrogens is 300 g/mol. The van der Waals surface area contributed by atoms with E-state index >= 15 is 0 Å². The summed E-state index contributed by atoms with van der Waals surface area (Å²) in [6.45, 7) is 2.94. The number of methoxy groups -OCH3 is 1. The van der Waals surface area contributed by atoms with Crippen LogP contribution in [0.15, 0.2) is 36.5 Å². The van der Waals surface area contributed by atoms with Crippen LogP contribution in [0.1, 0.15) is 31.2 Å². The molecule has 2 aromatic rings. The molecular formula is C19H26N4O. The van der Waals surface area contributed by atoms with Crippen LogP contribution in [0.25, 0.3) is 0 Å². The van der Waals surface area contributed by atoms with E-state index in [-0.39, 0.29) is 0 Å². The molecule has 1 aromatic carbocycles. The van der Waals surface area contributed by atoms with Gasteiger partial charge in [-0.3, -0.25) is 0 Å². The molecule has 3 rings (SSSR count). The van der Waals surface area contributed by atoms with Crippen molar-refractivity contribution in [3.05, 3.63) is 42.1 Å². The van der Waals surface area contributed by atoms with Crippen molar-refractivity contribution in [3.8, 4) is 5.75 Å². The normalized spacial score (nSPS) is 15.0. The molecule has 1 aliphatic rings. The lowest BCUT2D eigenvalue weighted by molar-refractivity contribution is 0.410. The minimum atomic E-state index is 0.816. The van der Waals surface area contributed by atoms with Crippen LogP contribution in [0.5, 0.6) is 5.75 Å². The Labute approximate surface area is 144 Å². The lowest BCUT2D eigenvalue weighted by Gasteiger charge is -2.20. The van der Waals surface area contributed by atoms with E-state index in [1.54, 1.807) is 7.11 Å². The Bertz CT molecular complexity index is 639. The standard InChI is InChI=1S/C19H26N4O/c1-24-17-9-5-4-8-16(17)10-12-20-18-11-13-21-19(22-18)23-14-6-2-3-7-15-23/h4-5,8-9,11,13H,2-3,6-7,10,12,14-15H2,1H3,(H,20,21,22). The molecule has 2 heterocycles. The molecule has 0 aliphatic carbocycles. The van der Waals surface area contributed by atoms with Crippen molar-refractivity contribution >= 4 is 11.8 Å². The van der Waals surface area contributed by atoms with E-state index in [2.05, 4.69) is 26.3 Å². The molecule has 0 radical (unpaired) electrons. The third-order valence-corrected chi connectivity index (χ3v) is 4.42. The molecule has 0 saturated carbocycles. The summed E-state index contributed by atoms with van der Waals surface area (Å²) in [6, 6.07) is 10.1. The van der Waals surface area contributed by atoms with Gasteiger partial charge < -0.3 is 15.0 Å². The molecule has 0 amide bonds. The van der Waals surface area contributed by atoms with Crippen molar-refractivity contribution in [3.63, 3.8) is 0 Å². The highest BCUT2D eigenvalue weighted by Gasteiger charge is 2.12. The molecule has 24 heavy (non-hydrogen) atoms. The maximum atomic E-state index is 5.40. The van der Waals surface area contributed by atoms with Crippen LogP contribution < -0.4 is 15.0 Å². The summed E-state index contributed by atoms with van der Waals surface area (Å²) in [7, 11) is 1.71. The Morgan fingerprint density at radius 3 is 2.67 bits per heavy atom. The van der Waals surface area contributed by atoms with E-state index in [1.807, 2.05) is 30.5 Å². The second-order valence-electron chi connectivity index (χ2n) is 6.13. The Morgan fingerprint density at radius 1 is 1.08 bits per heavy atom. The van der Waals surface area contributed by atoms with Crippen LogP contribution in [-0.2, 0) is 6.42 Å².